The van der Waals surface area contributed by atoms with E-state index in [1.807, 2.05) is 30.3 Å². The van der Waals surface area contributed by atoms with Crippen LogP contribution >= 0.6 is 11.8 Å². The Morgan fingerprint density at radius 2 is 2.15 bits per heavy atom. The van der Waals surface area contributed by atoms with Crippen LogP contribution in [0.4, 0.5) is 0 Å². The van der Waals surface area contributed by atoms with E-state index in [1.54, 1.807) is 4.57 Å². The number of nitrogens with one attached hydrogen (secondary N) is 2. The maximum atomic E-state index is 12.0. The predicted octanol–water partition coefficient (Wildman–Crippen LogP) is 1.19. The van der Waals surface area contributed by atoms with Gasteiger partial charge in [0, 0.05) is 17.9 Å². The van der Waals surface area contributed by atoms with E-state index >= 15 is 0 Å². The molecule has 0 radical (unpaired) electrons. The molecule has 0 spiro atoms. The molecule has 2 aliphatic heterocycles. The summed E-state index contributed by atoms with van der Waals surface area (Å²) >= 11 is 1.49. The zero-order chi connectivity index (χ0) is 17.8. The molecule has 0 bridgehead atoms. The van der Waals surface area contributed by atoms with Crippen LogP contribution in [0.25, 0.3) is 0 Å². The molecule has 0 unspecified atom stereocenters. The van der Waals surface area contributed by atoms with E-state index in [4.69, 9.17) is 9.57 Å². The Labute approximate surface area is 154 Å². The topological polar surface area (TPSA) is 93.5 Å². The lowest BCUT2D eigenvalue weighted by molar-refractivity contribution is 0.0212. The number of amidine groups is 1. The fourth-order valence-corrected chi connectivity index (χ4v) is 3.90. The Bertz CT molecular complexity index is 813. The molecular formula is C17H21N5O3S. The summed E-state index contributed by atoms with van der Waals surface area (Å²) < 4.78 is 7.27. The van der Waals surface area contributed by atoms with Gasteiger partial charge in [-0.05, 0) is 12.8 Å². The third kappa shape index (κ3) is 4.00. The summed E-state index contributed by atoms with van der Waals surface area (Å²) in [4.78, 5) is 22.2. The summed E-state index contributed by atoms with van der Waals surface area (Å²) in [7, 11) is 0. The SMILES string of the molecule is O=c1[nH]nc(SC[C@@H]2CN=C(c3ccccc3)NO2)n1C[C@@H]1CCCO1. The highest BCUT2D eigenvalue weighted by Crippen LogP contribution is 2.20. The van der Waals surface area contributed by atoms with E-state index in [-0.39, 0.29) is 17.9 Å². The molecule has 3 heterocycles. The monoisotopic (exact) mass is 375 g/mol. The molecule has 26 heavy (non-hydrogen) atoms. The minimum atomic E-state index is -0.199. The zero-order valence-electron chi connectivity index (χ0n) is 14.3. The molecule has 0 amide bonds. The zero-order valence-corrected chi connectivity index (χ0v) is 15.1. The quantitative estimate of drug-likeness (QED) is 0.737. The van der Waals surface area contributed by atoms with Crippen LogP contribution in [0.2, 0.25) is 0 Å². The molecule has 0 saturated carbocycles. The van der Waals surface area contributed by atoms with Crippen molar-refractivity contribution in [1.82, 2.24) is 20.2 Å². The van der Waals surface area contributed by atoms with Gasteiger partial charge in [0.15, 0.2) is 11.0 Å². The van der Waals surface area contributed by atoms with Gasteiger partial charge in [0.1, 0.15) is 6.10 Å². The van der Waals surface area contributed by atoms with Gasteiger partial charge in [-0.1, -0.05) is 42.1 Å². The van der Waals surface area contributed by atoms with E-state index in [1.165, 1.54) is 11.8 Å². The van der Waals surface area contributed by atoms with Gasteiger partial charge in [-0.3, -0.25) is 14.4 Å². The highest BCUT2D eigenvalue weighted by Gasteiger charge is 2.22. The van der Waals surface area contributed by atoms with Crippen molar-refractivity contribution >= 4 is 17.6 Å². The Morgan fingerprint density at radius 1 is 1.27 bits per heavy atom. The third-order valence-corrected chi connectivity index (χ3v) is 5.46. The molecule has 2 aromatic rings. The number of ether oxygens (including phenoxy) is 1. The second-order valence-electron chi connectivity index (χ2n) is 6.27. The summed E-state index contributed by atoms with van der Waals surface area (Å²) in [6.45, 7) is 1.87. The maximum Gasteiger partial charge on any atom is 0.344 e. The minimum absolute atomic E-state index is 0.0876. The van der Waals surface area contributed by atoms with Gasteiger partial charge >= 0.3 is 5.69 Å². The number of H-pyrrole nitrogens is 1. The summed E-state index contributed by atoms with van der Waals surface area (Å²) in [5, 5.41) is 7.31. The molecule has 0 aliphatic carbocycles. The number of aromatic nitrogens is 3. The molecule has 1 fully saturated rings. The number of nitrogens with zero attached hydrogens (tertiary/aromatic N) is 3. The molecule has 2 aliphatic rings. The second kappa shape index (κ2) is 8.07. The van der Waals surface area contributed by atoms with Crippen LogP contribution in [-0.2, 0) is 16.1 Å². The average molecular weight is 375 g/mol. The second-order valence-corrected chi connectivity index (χ2v) is 7.25. The van der Waals surface area contributed by atoms with Gasteiger partial charge in [0.2, 0.25) is 0 Å². The fourth-order valence-electron chi connectivity index (χ4n) is 2.97. The summed E-state index contributed by atoms with van der Waals surface area (Å²) in [5.41, 5.74) is 3.72. The maximum absolute atomic E-state index is 12.0. The number of aromatic amines is 1. The van der Waals surface area contributed by atoms with Gasteiger partial charge in [-0.25, -0.2) is 15.4 Å². The summed E-state index contributed by atoms with van der Waals surface area (Å²) in [5.74, 6) is 1.39. The van der Waals surface area contributed by atoms with Crippen molar-refractivity contribution in [3.8, 4) is 0 Å². The van der Waals surface area contributed by atoms with Crippen LogP contribution in [-0.4, -0.2) is 51.7 Å². The van der Waals surface area contributed by atoms with Crippen molar-refractivity contribution < 1.29 is 9.57 Å². The van der Waals surface area contributed by atoms with Crippen LogP contribution in [0.3, 0.4) is 0 Å². The van der Waals surface area contributed by atoms with Crippen molar-refractivity contribution in [2.24, 2.45) is 4.99 Å². The van der Waals surface area contributed by atoms with Crippen molar-refractivity contribution in [1.29, 1.82) is 0 Å². The number of hydrogen-bond donors (Lipinski definition) is 2. The van der Waals surface area contributed by atoms with Gasteiger partial charge in [0.05, 0.1) is 19.2 Å². The van der Waals surface area contributed by atoms with Crippen molar-refractivity contribution in [2.45, 2.75) is 36.8 Å². The number of thioether (sulfide) groups is 1. The number of hydrogen-bond acceptors (Lipinski definition) is 7. The molecule has 1 aromatic heterocycles. The number of rotatable bonds is 6. The smallest absolute Gasteiger partial charge is 0.344 e. The Balaban J connectivity index is 1.34. The molecule has 4 rings (SSSR count). The normalized spacial score (nSPS) is 22.8. The molecule has 1 aromatic carbocycles. The first-order chi connectivity index (χ1) is 12.8. The van der Waals surface area contributed by atoms with Crippen LogP contribution in [0, 0.1) is 0 Å². The van der Waals surface area contributed by atoms with Gasteiger partial charge in [-0.15, -0.1) is 5.10 Å². The van der Waals surface area contributed by atoms with Crippen LogP contribution in [0.15, 0.2) is 45.3 Å². The van der Waals surface area contributed by atoms with Crippen molar-refractivity contribution in [3.05, 3.63) is 46.4 Å². The van der Waals surface area contributed by atoms with Crippen LogP contribution in [0.1, 0.15) is 18.4 Å². The summed E-state index contributed by atoms with van der Waals surface area (Å²) in [6.07, 6.45) is 2.03. The minimum Gasteiger partial charge on any atom is -0.376 e. The van der Waals surface area contributed by atoms with Crippen LogP contribution < -0.4 is 11.2 Å². The lowest BCUT2D eigenvalue weighted by Crippen LogP contribution is -2.38. The van der Waals surface area contributed by atoms with Gasteiger partial charge in [-0.2, -0.15) is 0 Å². The molecule has 9 heteroatoms. The highest BCUT2D eigenvalue weighted by molar-refractivity contribution is 7.99. The Hall–Kier alpha value is -2.10. The van der Waals surface area contributed by atoms with Crippen molar-refractivity contribution in [3.63, 3.8) is 0 Å². The molecule has 138 valence electrons. The Kier molecular flexibility index (Phi) is 5.37. The van der Waals surface area contributed by atoms with E-state index in [0.29, 0.717) is 24.0 Å². The summed E-state index contributed by atoms with van der Waals surface area (Å²) in [6, 6.07) is 9.86. The van der Waals surface area contributed by atoms with E-state index in [9.17, 15) is 4.79 Å². The van der Waals surface area contributed by atoms with Gasteiger partial charge < -0.3 is 4.74 Å². The Morgan fingerprint density at radius 3 is 2.88 bits per heavy atom. The lowest BCUT2D eigenvalue weighted by Gasteiger charge is -2.22. The molecule has 2 N–H and O–H groups in total. The number of aliphatic imine (C=N–C) groups is 1. The molecule has 2 atom stereocenters. The lowest BCUT2D eigenvalue weighted by atomic mass is 10.2. The largest absolute Gasteiger partial charge is 0.376 e. The first-order valence-electron chi connectivity index (χ1n) is 8.71. The first kappa shape index (κ1) is 17.3. The van der Waals surface area contributed by atoms with E-state index < -0.39 is 0 Å². The van der Waals surface area contributed by atoms with E-state index in [2.05, 4.69) is 20.7 Å². The van der Waals surface area contributed by atoms with E-state index in [0.717, 1.165) is 30.8 Å². The van der Waals surface area contributed by atoms with Crippen LogP contribution in [0.5, 0.6) is 0 Å². The standard InChI is InChI=1S/C17H21N5O3S/c23-16-19-20-17(22(16)10-13-7-4-8-24-13)26-11-14-9-18-15(21-25-14)12-5-2-1-3-6-12/h1-3,5-6,13-14H,4,7-11H2,(H,18,21)(H,19,23)/t13-,14-/m0/s1. The third-order valence-electron chi connectivity index (χ3n) is 4.35. The number of hydroxylamine groups is 1. The fraction of sp³-hybridized carbons (Fsp3) is 0.471. The highest BCUT2D eigenvalue weighted by atomic mass is 32.2. The predicted molar refractivity (Wildman–Crippen MR) is 98.4 cm³/mol. The average Bonchev–Trinajstić information content (AvgIpc) is 3.32. The molecular weight excluding hydrogens is 354 g/mol. The molecule has 8 nitrogen and oxygen atoms in total. The van der Waals surface area contributed by atoms with Crippen molar-refractivity contribution in [2.75, 3.05) is 18.9 Å². The molecule has 1 saturated heterocycles. The first-order valence-corrected chi connectivity index (χ1v) is 9.69. The van der Waals surface area contributed by atoms with Gasteiger partial charge in [0.25, 0.3) is 0 Å². The number of benzene rings is 1.